The molecule has 74 valence electrons. The molecule has 1 aromatic heterocycles. The van der Waals surface area contributed by atoms with Gasteiger partial charge in [-0.05, 0) is 25.1 Å². The Kier molecular flexibility index (Phi) is 1.87. The molecule has 0 amide bonds. The molecule has 0 unspecified atom stereocenters. The molecule has 14 heavy (non-hydrogen) atoms. The van der Waals surface area contributed by atoms with Crippen LogP contribution < -0.4 is 5.14 Å². The Morgan fingerprint density at radius 3 is 2.64 bits per heavy atom. The molecule has 4 nitrogen and oxygen atoms in total. The summed E-state index contributed by atoms with van der Waals surface area (Å²) in [5.41, 5.74) is 0.536. The molecule has 0 aliphatic rings. The first-order chi connectivity index (χ1) is 6.47. The molecule has 0 bridgehead atoms. The number of sulfonamides is 1. The van der Waals surface area contributed by atoms with Crippen molar-refractivity contribution in [2.24, 2.45) is 5.14 Å². The van der Waals surface area contributed by atoms with Crippen molar-refractivity contribution in [3.63, 3.8) is 0 Å². The highest BCUT2D eigenvalue weighted by Crippen LogP contribution is 2.21. The largest absolute Gasteiger partial charge is 0.461 e. The first-order valence-corrected chi connectivity index (χ1v) is 5.54. The fraction of sp³-hybridized carbons (Fsp3) is 0.111. The molecule has 0 fully saturated rings. The number of aryl methyl sites for hydroxylation is 1. The second-order valence-corrected chi connectivity index (χ2v) is 4.66. The van der Waals surface area contributed by atoms with Crippen LogP contribution in [0.25, 0.3) is 11.0 Å². The molecule has 2 N–H and O–H groups in total. The third-order valence-electron chi connectivity index (χ3n) is 1.94. The summed E-state index contributed by atoms with van der Waals surface area (Å²) in [5, 5.41) is 5.86. The van der Waals surface area contributed by atoms with Crippen LogP contribution >= 0.6 is 0 Å². The van der Waals surface area contributed by atoms with Crippen LogP contribution in [0.3, 0.4) is 0 Å². The average Bonchev–Trinajstić information content (AvgIpc) is 2.41. The van der Waals surface area contributed by atoms with E-state index in [1.165, 1.54) is 12.1 Å². The minimum absolute atomic E-state index is 0.0688. The predicted octanol–water partition coefficient (Wildman–Crippen LogP) is 1.39. The molecule has 0 radical (unpaired) electrons. The molecule has 1 aromatic carbocycles. The lowest BCUT2D eigenvalue weighted by Gasteiger charge is -1.96. The third-order valence-corrected chi connectivity index (χ3v) is 2.85. The Morgan fingerprint density at radius 1 is 1.29 bits per heavy atom. The second kappa shape index (κ2) is 2.83. The predicted molar refractivity (Wildman–Crippen MR) is 52.3 cm³/mol. The SMILES string of the molecule is Cc1cc2ccc(S(N)(=O)=O)cc2o1. The zero-order valence-electron chi connectivity index (χ0n) is 7.52. The van der Waals surface area contributed by atoms with E-state index in [0.29, 0.717) is 5.58 Å². The fourth-order valence-electron chi connectivity index (χ4n) is 1.32. The Bertz CT molecular complexity index is 583. The van der Waals surface area contributed by atoms with Gasteiger partial charge in [-0.25, -0.2) is 13.6 Å². The number of hydrogen-bond acceptors (Lipinski definition) is 3. The summed E-state index contributed by atoms with van der Waals surface area (Å²) >= 11 is 0. The fourth-order valence-corrected chi connectivity index (χ4v) is 1.85. The van der Waals surface area contributed by atoms with Gasteiger partial charge in [-0.3, -0.25) is 0 Å². The minimum atomic E-state index is -3.65. The van der Waals surface area contributed by atoms with Crippen molar-refractivity contribution in [1.29, 1.82) is 0 Å². The smallest absolute Gasteiger partial charge is 0.238 e. The highest BCUT2D eigenvalue weighted by atomic mass is 32.2. The lowest BCUT2D eigenvalue weighted by atomic mass is 10.2. The van der Waals surface area contributed by atoms with Gasteiger partial charge in [0.25, 0.3) is 0 Å². The molecule has 0 saturated heterocycles. The van der Waals surface area contributed by atoms with Crippen LogP contribution in [0.4, 0.5) is 0 Å². The van der Waals surface area contributed by atoms with E-state index in [1.54, 1.807) is 13.0 Å². The van der Waals surface area contributed by atoms with Gasteiger partial charge in [-0.2, -0.15) is 0 Å². The van der Waals surface area contributed by atoms with E-state index < -0.39 is 10.0 Å². The molecule has 2 aromatic rings. The van der Waals surface area contributed by atoms with Crippen LogP contribution in [-0.4, -0.2) is 8.42 Å². The van der Waals surface area contributed by atoms with Crippen LogP contribution in [-0.2, 0) is 10.0 Å². The highest BCUT2D eigenvalue weighted by molar-refractivity contribution is 7.89. The van der Waals surface area contributed by atoms with E-state index in [9.17, 15) is 8.42 Å². The summed E-state index contributed by atoms with van der Waals surface area (Å²) in [6.07, 6.45) is 0. The van der Waals surface area contributed by atoms with E-state index >= 15 is 0 Å². The normalized spacial score (nSPS) is 12.1. The van der Waals surface area contributed by atoms with Crippen molar-refractivity contribution in [3.05, 3.63) is 30.0 Å². The first-order valence-electron chi connectivity index (χ1n) is 4.00. The summed E-state index contributed by atoms with van der Waals surface area (Å²) in [5.74, 6) is 0.742. The number of benzene rings is 1. The Labute approximate surface area is 81.4 Å². The van der Waals surface area contributed by atoms with Crippen molar-refractivity contribution in [3.8, 4) is 0 Å². The van der Waals surface area contributed by atoms with Crippen LogP contribution in [0.1, 0.15) is 5.76 Å². The lowest BCUT2D eigenvalue weighted by molar-refractivity contribution is 0.576. The number of primary sulfonamides is 1. The Balaban J connectivity index is 2.74. The molecule has 0 saturated carbocycles. The maximum absolute atomic E-state index is 11.0. The monoisotopic (exact) mass is 211 g/mol. The molecule has 2 rings (SSSR count). The minimum Gasteiger partial charge on any atom is -0.461 e. The third kappa shape index (κ3) is 1.51. The maximum atomic E-state index is 11.0. The Morgan fingerprint density at radius 2 is 2.00 bits per heavy atom. The van der Waals surface area contributed by atoms with Gasteiger partial charge < -0.3 is 4.42 Å². The van der Waals surface area contributed by atoms with Crippen LogP contribution in [0.5, 0.6) is 0 Å². The molecule has 1 heterocycles. The molecular formula is C9H9NO3S. The standard InChI is InChI=1S/C9H9NO3S/c1-6-4-7-2-3-8(14(10,11)12)5-9(7)13-6/h2-5H,1H3,(H2,10,11,12). The summed E-state index contributed by atoms with van der Waals surface area (Å²) < 4.78 is 27.3. The van der Waals surface area contributed by atoms with Gasteiger partial charge in [-0.15, -0.1) is 0 Å². The first kappa shape index (κ1) is 9.23. The van der Waals surface area contributed by atoms with E-state index in [0.717, 1.165) is 11.1 Å². The van der Waals surface area contributed by atoms with Crippen LogP contribution in [0, 0.1) is 6.92 Å². The van der Waals surface area contributed by atoms with Gasteiger partial charge in [0.05, 0.1) is 4.90 Å². The van der Waals surface area contributed by atoms with Gasteiger partial charge in [0.15, 0.2) is 0 Å². The summed E-state index contributed by atoms with van der Waals surface area (Å²) in [4.78, 5) is 0.0688. The van der Waals surface area contributed by atoms with Crippen molar-refractivity contribution in [2.75, 3.05) is 0 Å². The molecule has 0 aliphatic carbocycles. The number of hydrogen-bond donors (Lipinski definition) is 1. The van der Waals surface area contributed by atoms with E-state index in [2.05, 4.69) is 0 Å². The van der Waals surface area contributed by atoms with Crippen molar-refractivity contribution in [1.82, 2.24) is 0 Å². The summed E-state index contributed by atoms with van der Waals surface area (Å²) in [7, 11) is -3.65. The van der Waals surface area contributed by atoms with Gasteiger partial charge in [-0.1, -0.05) is 0 Å². The molecule has 5 heteroatoms. The van der Waals surface area contributed by atoms with Gasteiger partial charge >= 0.3 is 0 Å². The molecular weight excluding hydrogens is 202 g/mol. The van der Waals surface area contributed by atoms with Crippen molar-refractivity contribution >= 4 is 21.0 Å². The zero-order valence-corrected chi connectivity index (χ0v) is 8.34. The highest BCUT2D eigenvalue weighted by Gasteiger charge is 2.09. The zero-order chi connectivity index (χ0) is 10.3. The van der Waals surface area contributed by atoms with E-state index in [1.807, 2.05) is 6.07 Å². The van der Waals surface area contributed by atoms with Gasteiger partial charge in [0.2, 0.25) is 10.0 Å². The van der Waals surface area contributed by atoms with Crippen LogP contribution in [0.2, 0.25) is 0 Å². The maximum Gasteiger partial charge on any atom is 0.238 e. The van der Waals surface area contributed by atoms with E-state index in [-0.39, 0.29) is 4.90 Å². The molecule has 0 atom stereocenters. The van der Waals surface area contributed by atoms with Crippen LogP contribution in [0.15, 0.2) is 33.6 Å². The second-order valence-electron chi connectivity index (χ2n) is 3.10. The topological polar surface area (TPSA) is 73.3 Å². The summed E-state index contributed by atoms with van der Waals surface area (Å²) in [6, 6.07) is 6.40. The number of furan rings is 1. The quantitative estimate of drug-likeness (QED) is 0.774. The van der Waals surface area contributed by atoms with Gasteiger partial charge in [0, 0.05) is 11.5 Å². The number of nitrogens with two attached hydrogens (primary N) is 1. The number of rotatable bonds is 1. The molecule has 0 spiro atoms. The lowest BCUT2D eigenvalue weighted by Crippen LogP contribution is -2.11. The average molecular weight is 211 g/mol. The van der Waals surface area contributed by atoms with Crippen molar-refractivity contribution in [2.45, 2.75) is 11.8 Å². The molecule has 0 aliphatic heterocycles. The van der Waals surface area contributed by atoms with Crippen molar-refractivity contribution < 1.29 is 12.8 Å². The summed E-state index contributed by atoms with van der Waals surface area (Å²) in [6.45, 7) is 1.80. The number of fused-ring (bicyclic) bond motifs is 1. The Hall–Kier alpha value is -1.33. The van der Waals surface area contributed by atoms with E-state index in [4.69, 9.17) is 9.56 Å². The van der Waals surface area contributed by atoms with Gasteiger partial charge in [0.1, 0.15) is 11.3 Å².